The fourth-order valence-corrected chi connectivity index (χ4v) is 3.90. The van der Waals surface area contributed by atoms with Crippen molar-refractivity contribution in [3.63, 3.8) is 0 Å². The zero-order valence-corrected chi connectivity index (χ0v) is 11.9. The van der Waals surface area contributed by atoms with Gasteiger partial charge in [-0.2, -0.15) is 0 Å². The Hall–Kier alpha value is -1.47. The molecule has 0 radical (unpaired) electrons. The third-order valence-corrected chi connectivity index (χ3v) is 4.87. The highest BCUT2D eigenvalue weighted by atomic mass is 32.2. The molecule has 1 saturated heterocycles. The standard InChI is InChI=1S/C13H18N2O4S/c16-20(17,8-11-3-1-2-6-14-11)15-10-4-5-12-13(7-10)19-9-18-12/h4-5,7,11,14-15H,1-3,6,8-9H2. The van der Waals surface area contributed by atoms with Crippen molar-refractivity contribution < 1.29 is 17.9 Å². The summed E-state index contributed by atoms with van der Waals surface area (Å²) in [6.45, 7) is 1.07. The second-order valence-electron chi connectivity index (χ2n) is 5.10. The number of ether oxygens (including phenoxy) is 2. The molecule has 2 N–H and O–H groups in total. The highest BCUT2D eigenvalue weighted by Crippen LogP contribution is 2.34. The van der Waals surface area contributed by atoms with E-state index in [1.54, 1.807) is 18.2 Å². The lowest BCUT2D eigenvalue weighted by Crippen LogP contribution is -2.40. The number of rotatable bonds is 4. The number of anilines is 1. The zero-order valence-electron chi connectivity index (χ0n) is 11.1. The van der Waals surface area contributed by atoms with Gasteiger partial charge in [0.25, 0.3) is 0 Å². The van der Waals surface area contributed by atoms with E-state index in [2.05, 4.69) is 10.0 Å². The first-order chi connectivity index (χ1) is 9.62. The van der Waals surface area contributed by atoms with Crippen molar-refractivity contribution >= 4 is 15.7 Å². The molecule has 0 amide bonds. The molecule has 1 atom stereocenters. The summed E-state index contributed by atoms with van der Waals surface area (Å²) in [5.41, 5.74) is 0.505. The van der Waals surface area contributed by atoms with Gasteiger partial charge in [0.05, 0.1) is 11.4 Å². The molecule has 0 bridgehead atoms. The molecule has 6 nitrogen and oxygen atoms in total. The van der Waals surface area contributed by atoms with Crippen LogP contribution in [0.3, 0.4) is 0 Å². The van der Waals surface area contributed by atoms with Crippen molar-refractivity contribution in [3.8, 4) is 11.5 Å². The predicted molar refractivity (Wildman–Crippen MR) is 75.6 cm³/mol. The van der Waals surface area contributed by atoms with Gasteiger partial charge in [-0.25, -0.2) is 8.42 Å². The van der Waals surface area contributed by atoms with E-state index in [1.807, 2.05) is 0 Å². The van der Waals surface area contributed by atoms with Gasteiger partial charge in [0, 0.05) is 12.1 Å². The number of hydrogen-bond acceptors (Lipinski definition) is 5. The lowest BCUT2D eigenvalue weighted by Gasteiger charge is -2.23. The average Bonchev–Trinajstić information content (AvgIpc) is 2.86. The third-order valence-electron chi connectivity index (χ3n) is 3.48. The largest absolute Gasteiger partial charge is 0.454 e. The van der Waals surface area contributed by atoms with E-state index in [9.17, 15) is 8.42 Å². The van der Waals surface area contributed by atoms with Crippen molar-refractivity contribution in [3.05, 3.63) is 18.2 Å². The molecule has 1 unspecified atom stereocenters. The molecule has 110 valence electrons. The number of hydrogen-bond donors (Lipinski definition) is 2. The molecule has 2 aliphatic rings. The van der Waals surface area contributed by atoms with Crippen molar-refractivity contribution in [1.82, 2.24) is 5.32 Å². The van der Waals surface area contributed by atoms with E-state index in [0.717, 1.165) is 25.8 Å². The van der Waals surface area contributed by atoms with Crippen LogP contribution in [0.5, 0.6) is 11.5 Å². The highest BCUT2D eigenvalue weighted by Gasteiger charge is 2.22. The molecular weight excluding hydrogens is 280 g/mol. The van der Waals surface area contributed by atoms with Crippen LogP contribution in [0.15, 0.2) is 18.2 Å². The summed E-state index contributed by atoms with van der Waals surface area (Å²) in [5, 5.41) is 3.24. The van der Waals surface area contributed by atoms with Gasteiger partial charge in [-0.05, 0) is 31.5 Å². The van der Waals surface area contributed by atoms with Gasteiger partial charge in [0.1, 0.15) is 0 Å². The van der Waals surface area contributed by atoms with Crippen molar-refractivity contribution in [1.29, 1.82) is 0 Å². The Kier molecular flexibility index (Phi) is 3.71. The van der Waals surface area contributed by atoms with E-state index in [1.165, 1.54) is 0 Å². The number of benzene rings is 1. The first-order valence-electron chi connectivity index (χ1n) is 6.76. The van der Waals surface area contributed by atoms with Crippen molar-refractivity contribution in [2.75, 3.05) is 23.8 Å². The lowest BCUT2D eigenvalue weighted by atomic mass is 10.1. The smallest absolute Gasteiger partial charge is 0.234 e. The van der Waals surface area contributed by atoms with Crippen LogP contribution in [0.25, 0.3) is 0 Å². The SMILES string of the molecule is O=S(=O)(CC1CCCCN1)Nc1ccc2c(c1)OCO2. The maximum atomic E-state index is 12.1. The molecule has 1 fully saturated rings. The maximum Gasteiger partial charge on any atom is 0.234 e. The normalized spacial score (nSPS) is 21.7. The molecule has 1 aromatic rings. The Labute approximate surface area is 118 Å². The molecule has 2 heterocycles. The second kappa shape index (κ2) is 5.49. The van der Waals surface area contributed by atoms with Crippen LogP contribution in [-0.2, 0) is 10.0 Å². The molecular formula is C13H18N2O4S. The van der Waals surface area contributed by atoms with Gasteiger partial charge in [-0.3, -0.25) is 4.72 Å². The molecule has 2 aliphatic heterocycles. The number of fused-ring (bicyclic) bond motifs is 1. The quantitative estimate of drug-likeness (QED) is 0.876. The van der Waals surface area contributed by atoms with Crippen LogP contribution in [0.4, 0.5) is 5.69 Å². The second-order valence-corrected chi connectivity index (χ2v) is 6.87. The molecule has 0 aromatic heterocycles. The number of sulfonamides is 1. The Balaban J connectivity index is 1.66. The number of nitrogens with one attached hydrogen (secondary N) is 2. The van der Waals surface area contributed by atoms with Crippen LogP contribution in [-0.4, -0.2) is 33.6 Å². The van der Waals surface area contributed by atoms with Gasteiger partial charge in [-0.1, -0.05) is 6.42 Å². The Bertz CT molecular complexity index is 582. The summed E-state index contributed by atoms with van der Waals surface area (Å²) in [5.74, 6) is 1.31. The molecule has 20 heavy (non-hydrogen) atoms. The topological polar surface area (TPSA) is 76.7 Å². The molecule has 1 aromatic carbocycles. The third kappa shape index (κ3) is 3.16. The lowest BCUT2D eigenvalue weighted by molar-refractivity contribution is 0.174. The van der Waals surface area contributed by atoms with Crippen LogP contribution < -0.4 is 19.5 Å². The summed E-state index contributed by atoms with van der Waals surface area (Å²) in [4.78, 5) is 0. The molecule has 3 rings (SSSR count). The minimum Gasteiger partial charge on any atom is -0.454 e. The van der Waals surface area contributed by atoms with Crippen molar-refractivity contribution in [2.45, 2.75) is 25.3 Å². The van der Waals surface area contributed by atoms with Gasteiger partial charge < -0.3 is 14.8 Å². The van der Waals surface area contributed by atoms with Crippen LogP contribution in [0, 0.1) is 0 Å². The van der Waals surface area contributed by atoms with Gasteiger partial charge in [0.15, 0.2) is 11.5 Å². The van der Waals surface area contributed by atoms with Crippen molar-refractivity contribution in [2.24, 2.45) is 0 Å². The summed E-state index contributed by atoms with van der Waals surface area (Å²) in [6.07, 6.45) is 3.10. The van der Waals surface area contributed by atoms with Crippen LogP contribution in [0.2, 0.25) is 0 Å². The fraction of sp³-hybridized carbons (Fsp3) is 0.538. The van der Waals surface area contributed by atoms with E-state index >= 15 is 0 Å². The van der Waals surface area contributed by atoms with E-state index < -0.39 is 10.0 Å². The fourth-order valence-electron chi connectivity index (χ4n) is 2.51. The molecule has 0 aliphatic carbocycles. The Morgan fingerprint density at radius 2 is 2.10 bits per heavy atom. The zero-order chi connectivity index (χ0) is 14.0. The summed E-state index contributed by atoms with van der Waals surface area (Å²) in [6, 6.07) is 5.07. The minimum absolute atomic E-state index is 0.0373. The van der Waals surface area contributed by atoms with E-state index in [0.29, 0.717) is 17.2 Å². The van der Waals surface area contributed by atoms with Gasteiger partial charge >= 0.3 is 0 Å². The highest BCUT2D eigenvalue weighted by molar-refractivity contribution is 7.92. The maximum absolute atomic E-state index is 12.1. The van der Waals surface area contributed by atoms with Gasteiger partial charge in [0.2, 0.25) is 16.8 Å². The van der Waals surface area contributed by atoms with Crippen LogP contribution in [0.1, 0.15) is 19.3 Å². The Morgan fingerprint density at radius 3 is 2.90 bits per heavy atom. The molecule has 0 saturated carbocycles. The Morgan fingerprint density at radius 1 is 1.25 bits per heavy atom. The monoisotopic (exact) mass is 298 g/mol. The minimum atomic E-state index is -3.36. The summed E-state index contributed by atoms with van der Waals surface area (Å²) < 4.78 is 37.3. The van der Waals surface area contributed by atoms with Crippen LogP contribution >= 0.6 is 0 Å². The molecule has 0 spiro atoms. The average molecular weight is 298 g/mol. The van der Waals surface area contributed by atoms with Gasteiger partial charge in [-0.15, -0.1) is 0 Å². The predicted octanol–water partition coefficient (Wildman–Crippen LogP) is 1.30. The first-order valence-corrected chi connectivity index (χ1v) is 8.41. The number of piperidine rings is 1. The van der Waals surface area contributed by atoms with E-state index in [4.69, 9.17) is 9.47 Å². The van der Waals surface area contributed by atoms with E-state index in [-0.39, 0.29) is 18.6 Å². The first kappa shape index (κ1) is 13.5. The summed E-state index contributed by atoms with van der Waals surface area (Å²) >= 11 is 0. The molecule has 7 heteroatoms. The summed E-state index contributed by atoms with van der Waals surface area (Å²) in [7, 11) is -3.36.